The van der Waals surface area contributed by atoms with Crippen molar-refractivity contribution < 1.29 is 4.79 Å². The van der Waals surface area contributed by atoms with Crippen molar-refractivity contribution in [2.75, 3.05) is 26.2 Å². The van der Waals surface area contributed by atoms with Crippen molar-refractivity contribution in [1.29, 1.82) is 0 Å². The molecular formula is C12H20N2O. The van der Waals surface area contributed by atoms with Crippen molar-refractivity contribution in [3.8, 4) is 0 Å². The van der Waals surface area contributed by atoms with Crippen LogP contribution in [-0.4, -0.2) is 37.0 Å². The summed E-state index contributed by atoms with van der Waals surface area (Å²) in [4.78, 5) is 13.9. The van der Waals surface area contributed by atoms with E-state index in [4.69, 9.17) is 0 Å². The molecule has 1 fully saturated rings. The summed E-state index contributed by atoms with van der Waals surface area (Å²) in [6.45, 7) is 12.8. The summed E-state index contributed by atoms with van der Waals surface area (Å²) in [6, 6.07) is 0. The van der Waals surface area contributed by atoms with Crippen LogP contribution in [0.25, 0.3) is 0 Å². The number of nitrogens with one attached hydrogen (secondary N) is 1. The third-order valence-corrected chi connectivity index (χ3v) is 2.66. The van der Waals surface area contributed by atoms with Crippen molar-refractivity contribution in [2.45, 2.75) is 20.8 Å². The van der Waals surface area contributed by atoms with Gasteiger partial charge in [0.1, 0.15) is 0 Å². The molecule has 0 aliphatic carbocycles. The Bertz CT molecular complexity index is 299. The van der Waals surface area contributed by atoms with Crippen LogP contribution in [0.5, 0.6) is 0 Å². The minimum Gasteiger partial charge on any atom is -0.335 e. The Kier molecular flexibility index (Phi) is 4.09. The summed E-state index contributed by atoms with van der Waals surface area (Å²) in [7, 11) is 0. The number of likely N-dealkylation sites (N-methyl/N-ethyl adjacent to an activating group) is 1. The molecule has 0 saturated carbocycles. The molecule has 0 aromatic heterocycles. The largest absolute Gasteiger partial charge is 0.335 e. The molecule has 0 unspecified atom stereocenters. The van der Waals surface area contributed by atoms with Gasteiger partial charge in [0.2, 0.25) is 5.91 Å². The van der Waals surface area contributed by atoms with E-state index >= 15 is 0 Å². The average Bonchev–Trinajstić information content (AvgIpc) is 2.09. The maximum Gasteiger partial charge on any atom is 0.249 e. The first-order valence-corrected chi connectivity index (χ1v) is 5.39. The zero-order valence-corrected chi connectivity index (χ0v) is 9.89. The van der Waals surface area contributed by atoms with Gasteiger partial charge in [-0.1, -0.05) is 12.2 Å². The third-order valence-electron chi connectivity index (χ3n) is 2.66. The van der Waals surface area contributed by atoms with Gasteiger partial charge in [-0.05, 0) is 26.3 Å². The number of carbonyl (C=O) groups excluding carboxylic acids is 1. The second kappa shape index (κ2) is 5.12. The van der Waals surface area contributed by atoms with Gasteiger partial charge >= 0.3 is 0 Å². The monoisotopic (exact) mass is 208 g/mol. The summed E-state index contributed by atoms with van der Waals surface area (Å²) < 4.78 is 0. The molecule has 1 aliphatic heterocycles. The van der Waals surface area contributed by atoms with E-state index in [-0.39, 0.29) is 5.91 Å². The molecule has 0 radical (unpaired) electrons. The van der Waals surface area contributed by atoms with Crippen LogP contribution in [0.2, 0.25) is 0 Å². The fourth-order valence-electron chi connectivity index (χ4n) is 1.56. The van der Waals surface area contributed by atoms with E-state index in [1.165, 1.54) is 5.57 Å². The molecule has 3 heteroatoms. The fraction of sp³-hybridized carbons (Fsp3) is 0.583. The molecule has 1 heterocycles. The van der Waals surface area contributed by atoms with Gasteiger partial charge in [0.05, 0.1) is 0 Å². The van der Waals surface area contributed by atoms with Gasteiger partial charge in [-0.2, -0.15) is 0 Å². The second-order valence-electron chi connectivity index (χ2n) is 4.11. The third kappa shape index (κ3) is 2.93. The van der Waals surface area contributed by atoms with Crippen LogP contribution in [0.3, 0.4) is 0 Å². The lowest BCUT2D eigenvalue weighted by Gasteiger charge is -2.26. The molecule has 0 aromatic carbocycles. The molecule has 1 saturated heterocycles. The highest BCUT2D eigenvalue weighted by Gasteiger charge is 2.19. The molecule has 0 spiro atoms. The molecule has 1 rings (SSSR count). The Morgan fingerprint density at radius 2 is 2.07 bits per heavy atom. The average molecular weight is 208 g/mol. The number of hydrogen-bond acceptors (Lipinski definition) is 2. The first-order valence-electron chi connectivity index (χ1n) is 5.39. The summed E-state index contributed by atoms with van der Waals surface area (Å²) >= 11 is 0. The first kappa shape index (κ1) is 12.0. The van der Waals surface area contributed by atoms with E-state index in [1.54, 1.807) is 0 Å². The van der Waals surface area contributed by atoms with Gasteiger partial charge < -0.3 is 10.2 Å². The summed E-state index contributed by atoms with van der Waals surface area (Å²) in [5.74, 6) is 0.150. The Hall–Kier alpha value is -1.09. The number of rotatable bonds is 4. The fourth-order valence-corrected chi connectivity index (χ4v) is 1.56. The van der Waals surface area contributed by atoms with Crippen molar-refractivity contribution >= 4 is 5.91 Å². The smallest absolute Gasteiger partial charge is 0.249 e. The van der Waals surface area contributed by atoms with Crippen molar-refractivity contribution in [3.05, 3.63) is 23.3 Å². The van der Waals surface area contributed by atoms with Crippen LogP contribution in [0.4, 0.5) is 0 Å². The predicted molar refractivity (Wildman–Crippen MR) is 62.6 cm³/mol. The van der Waals surface area contributed by atoms with Crippen LogP contribution >= 0.6 is 0 Å². The van der Waals surface area contributed by atoms with E-state index in [0.29, 0.717) is 6.54 Å². The van der Waals surface area contributed by atoms with E-state index in [9.17, 15) is 4.79 Å². The lowest BCUT2D eigenvalue weighted by atomic mass is 10.0. The van der Waals surface area contributed by atoms with Crippen LogP contribution in [0.1, 0.15) is 20.8 Å². The molecule has 0 bridgehead atoms. The minimum absolute atomic E-state index is 0.150. The molecule has 84 valence electrons. The van der Waals surface area contributed by atoms with Crippen LogP contribution in [-0.2, 0) is 4.79 Å². The lowest BCUT2D eigenvalue weighted by molar-refractivity contribution is -0.126. The van der Waals surface area contributed by atoms with E-state index in [1.807, 2.05) is 25.7 Å². The van der Waals surface area contributed by atoms with Crippen molar-refractivity contribution in [1.82, 2.24) is 10.2 Å². The summed E-state index contributed by atoms with van der Waals surface area (Å²) in [6.07, 6.45) is 0. The molecule has 1 aliphatic rings. The van der Waals surface area contributed by atoms with E-state index in [2.05, 4.69) is 11.9 Å². The molecule has 0 aromatic rings. The lowest BCUT2D eigenvalue weighted by Crippen LogP contribution is -2.39. The number of hydrogen-bond donors (Lipinski definition) is 1. The van der Waals surface area contributed by atoms with Crippen molar-refractivity contribution in [2.24, 2.45) is 0 Å². The van der Waals surface area contributed by atoms with Gasteiger partial charge in [0.15, 0.2) is 0 Å². The quantitative estimate of drug-likeness (QED) is 0.558. The highest BCUT2D eigenvalue weighted by atomic mass is 16.2. The molecule has 0 atom stereocenters. The Morgan fingerprint density at radius 1 is 1.47 bits per heavy atom. The maximum absolute atomic E-state index is 12.0. The summed E-state index contributed by atoms with van der Waals surface area (Å²) in [5, 5.41) is 3.15. The SMILES string of the molecule is C=C(C)CN(CC)C(=O)C(C)=C1CNC1. The van der Waals surface area contributed by atoms with Crippen molar-refractivity contribution in [3.63, 3.8) is 0 Å². The van der Waals surface area contributed by atoms with Crippen LogP contribution in [0, 0.1) is 0 Å². The standard InChI is InChI=1S/C12H20N2O/c1-5-14(8-9(2)3)12(15)10(4)11-6-13-7-11/h13H,2,5-8H2,1,3-4H3. The highest BCUT2D eigenvalue weighted by molar-refractivity contribution is 5.94. The van der Waals surface area contributed by atoms with Gasteiger partial charge in [-0.25, -0.2) is 0 Å². The van der Waals surface area contributed by atoms with Gasteiger partial charge in [0, 0.05) is 31.8 Å². The molecule has 1 amide bonds. The van der Waals surface area contributed by atoms with Gasteiger partial charge in [-0.3, -0.25) is 4.79 Å². The topological polar surface area (TPSA) is 32.3 Å². The molecule has 15 heavy (non-hydrogen) atoms. The Labute approximate surface area is 91.8 Å². The van der Waals surface area contributed by atoms with Gasteiger partial charge in [-0.15, -0.1) is 0 Å². The second-order valence-corrected chi connectivity index (χ2v) is 4.11. The van der Waals surface area contributed by atoms with E-state index in [0.717, 1.165) is 30.8 Å². The molecular weight excluding hydrogens is 188 g/mol. The maximum atomic E-state index is 12.0. The van der Waals surface area contributed by atoms with E-state index < -0.39 is 0 Å². The number of carbonyl (C=O) groups is 1. The minimum atomic E-state index is 0.150. The zero-order chi connectivity index (χ0) is 11.4. The normalized spacial score (nSPS) is 14.5. The zero-order valence-electron chi connectivity index (χ0n) is 9.89. The van der Waals surface area contributed by atoms with Crippen LogP contribution in [0.15, 0.2) is 23.3 Å². The Balaban J connectivity index is 2.68. The predicted octanol–water partition coefficient (Wildman–Crippen LogP) is 1.33. The number of nitrogens with zero attached hydrogens (tertiary/aromatic N) is 1. The first-order chi connectivity index (χ1) is 7.06. The summed E-state index contributed by atoms with van der Waals surface area (Å²) in [5.41, 5.74) is 3.16. The van der Waals surface area contributed by atoms with Gasteiger partial charge in [0.25, 0.3) is 0 Å². The highest BCUT2D eigenvalue weighted by Crippen LogP contribution is 2.12. The number of amides is 1. The molecule has 1 N–H and O–H groups in total. The Morgan fingerprint density at radius 3 is 2.40 bits per heavy atom. The van der Waals surface area contributed by atoms with Crippen LogP contribution < -0.4 is 5.32 Å². The molecule has 3 nitrogen and oxygen atoms in total.